The number of aromatic amines is 1. The highest BCUT2D eigenvalue weighted by Gasteiger charge is 2.57. The fourth-order valence-electron chi connectivity index (χ4n) is 4.39. The molecule has 0 bridgehead atoms. The average molecular weight is 378 g/mol. The van der Waals surface area contributed by atoms with E-state index in [0.29, 0.717) is 18.5 Å². The molecule has 2 heterocycles. The molecule has 0 unspecified atom stereocenters. The normalized spacial score (nSPS) is 28.3. The van der Waals surface area contributed by atoms with Crippen LogP contribution in [-0.2, 0) is 10.0 Å². The molecule has 0 aliphatic heterocycles. The van der Waals surface area contributed by atoms with Crippen LogP contribution in [0.15, 0.2) is 18.6 Å². The van der Waals surface area contributed by atoms with Crippen molar-refractivity contribution in [1.82, 2.24) is 19.7 Å². The zero-order valence-electron chi connectivity index (χ0n) is 15.6. The maximum absolute atomic E-state index is 12.4. The highest BCUT2D eigenvalue weighted by atomic mass is 32.2. The van der Waals surface area contributed by atoms with E-state index in [0.717, 1.165) is 42.5 Å². The van der Waals surface area contributed by atoms with Gasteiger partial charge in [-0.15, -0.1) is 0 Å². The van der Waals surface area contributed by atoms with E-state index in [1.807, 2.05) is 26.1 Å². The quantitative estimate of drug-likeness (QED) is 0.806. The van der Waals surface area contributed by atoms with Crippen LogP contribution >= 0.6 is 0 Å². The van der Waals surface area contributed by atoms with Gasteiger partial charge < -0.3 is 9.88 Å². The molecule has 0 atom stereocenters. The molecule has 0 saturated heterocycles. The summed E-state index contributed by atoms with van der Waals surface area (Å²) in [5.74, 6) is 1.27. The molecule has 2 aromatic rings. The van der Waals surface area contributed by atoms with Gasteiger partial charge in [0.2, 0.25) is 10.0 Å². The first kappa shape index (κ1) is 17.7. The van der Waals surface area contributed by atoms with Crippen molar-refractivity contribution >= 4 is 26.9 Å². The molecule has 2 fully saturated rings. The van der Waals surface area contributed by atoms with Crippen LogP contribution in [0.3, 0.4) is 0 Å². The van der Waals surface area contributed by atoms with Gasteiger partial charge in [0.1, 0.15) is 17.8 Å². The standard InChI is InChI=1S/C18H27N5O2S/c1-12(2)10-22-26(24,25)14-8-18(9-14)6-13(7-18)23(3)17-15-4-5-19-16(15)20-11-21-17/h4-5,11-14,22H,6-10H2,1-3H3,(H,19,20,21). The number of aromatic nitrogens is 3. The lowest BCUT2D eigenvalue weighted by Gasteiger charge is -2.59. The van der Waals surface area contributed by atoms with Crippen LogP contribution in [0.4, 0.5) is 5.82 Å². The molecule has 8 heteroatoms. The van der Waals surface area contributed by atoms with Crippen molar-refractivity contribution in [1.29, 1.82) is 0 Å². The Morgan fingerprint density at radius 1 is 1.31 bits per heavy atom. The number of hydrogen-bond donors (Lipinski definition) is 2. The van der Waals surface area contributed by atoms with Crippen LogP contribution in [0.5, 0.6) is 0 Å². The molecule has 2 aromatic heterocycles. The van der Waals surface area contributed by atoms with E-state index in [9.17, 15) is 8.42 Å². The molecular weight excluding hydrogens is 350 g/mol. The number of rotatable bonds is 6. The Morgan fingerprint density at radius 2 is 2.04 bits per heavy atom. The molecule has 1 spiro atoms. The van der Waals surface area contributed by atoms with Crippen LogP contribution in [0, 0.1) is 11.3 Å². The maximum Gasteiger partial charge on any atom is 0.214 e. The van der Waals surface area contributed by atoms with Crippen LogP contribution in [0.1, 0.15) is 39.5 Å². The Bertz CT molecular complexity index is 893. The summed E-state index contributed by atoms with van der Waals surface area (Å²) >= 11 is 0. The SMILES string of the molecule is CC(C)CNS(=O)(=O)C1CC2(CC(N(C)c3ncnc4[nH]ccc34)C2)C1. The smallest absolute Gasteiger partial charge is 0.214 e. The van der Waals surface area contributed by atoms with Crippen molar-refractivity contribution in [3.05, 3.63) is 18.6 Å². The fourth-order valence-corrected chi connectivity index (χ4v) is 6.33. The molecule has 0 aromatic carbocycles. The van der Waals surface area contributed by atoms with E-state index in [-0.39, 0.29) is 10.7 Å². The van der Waals surface area contributed by atoms with Gasteiger partial charge in [-0.25, -0.2) is 23.1 Å². The number of H-pyrrole nitrogens is 1. The predicted octanol–water partition coefficient (Wildman–Crippen LogP) is 2.28. The Balaban J connectivity index is 1.36. The van der Waals surface area contributed by atoms with E-state index in [1.54, 1.807) is 6.33 Å². The minimum absolute atomic E-state index is 0.209. The molecule has 2 N–H and O–H groups in total. The van der Waals surface area contributed by atoms with Crippen molar-refractivity contribution < 1.29 is 8.42 Å². The van der Waals surface area contributed by atoms with E-state index in [4.69, 9.17) is 0 Å². The summed E-state index contributed by atoms with van der Waals surface area (Å²) in [6.07, 6.45) is 7.11. The topological polar surface area (TPSA) is 91.0 Å². The average Bonchev–Trinajstić information content (AvgIpc) is 2.98. The van der Waals surface area contributed by atoms with Gasteiger partial charge in [0.05, 0.1) is 10.6 Å². The molecule has 26 heavy (non-hydrogen) atoms. The first-order chi connectivity index (χ1) is 12.3. The first-order valence-corrected chi connectivity index (χ1v) is 10.8. The van der Waals surface area contributed by atoms with Crippen molar-refractivity contribution in [2.24, 2.45) is 11.3 Å². The number of fused-ring (bicyclic) bond motifs is 1. The maximum atomic E-state index is 12.4. The Labute approximate surface area is 154 Å². The summed E-state index contributed by atoms with van der Waals surface area (Å²) in [4.78, 5) is 14.0. The third kappa shape index (κ3) is 2.99. The zero-order valence-corrected chi connectivity index (χ0v) is 16.4. The second-order valence-corrected chi connectivity index (χ2v) is 10.5. The van der Waals surface area contributed by atoms with E-state index >= 15 is 0 Å². The van der Waals surface area contributed by atoms with Gasteiger partial charge in [-0.05, 0) is 43.1 Å². The van der Waals surface area contributed by atoms with Gasteiger partial charge >= 0.3 is 0 Å². The van der Waals surface area contributed by atoms with E-state index in [2.05, 4.69) is 31.6 Å². The minimum Gasteiger partial charge on any atom is -0.356 e. The molecule has 0 amide bonds. The third-order valence-corrected chi connectivity index (χ3v) is 7.79. The Morgan fingerprint density at radius 3 is 2.73 bits per heavy atom. The Hall–Kier alpha value is -1.67. The van der Waals surface area contributed by atoms with Crippen LogP contribution < -0.4 is 9.62 Å². The van der Waals surface area contributed by atoms with Crippen molar-refractivity contribution in [3.8, 4) is 0 Å². The van der Waals surface area contributed by atoms with E-state index in [1.165, 1.54) is 0 Å². The summed E-state index contributed by atoms with van der Waals surface area (Å²) in [5, 5.41) is 0.811. The molecule has 7 nitrogen and oxygen atoms in total. The van der Waals surface area contributed by atoms with Crippen LogP contribution in [0.2, 0.25) is 0 Å². The van der Waals surface area contributed by atoms with Gasteiger partial charge in [-0.1, -0.05) is 13.8 Å². The molecule has 2 saturated carbocycles. The molecular formula is C18H27N5O2S. The number of hydrogen-bond acceptors (Lipinski definition) is 5. The van der Waals surface area contributed by atoms with Gasteiger partial charge in [0.25, 0.3) is 0 Å². The van der Waals surface area contributed by atoms with Crippen molar-refractivity contribution in [2.45, 2.75) is 50.8 Å². The molecule has 142 valence electrons. The summed E-state index contributed by atoms with van der Waals surface area (Å²) in [6.45, 7) is 4.56. The van der Waals surface area contributed by atoms with Crippen molar-refractivity contribution in [3.63, 3.8) is 0 Å². The second kappa shape index (κ2) is 6.20. The Kier molecular flexibility index (Phi) is 4.23. The summed E-state index contributed by atoms with van der Waals surface area (Å²) in [7, 11) is -1.09. The van der Waals surface area contributed by atoms with Gasteiger partial charge in [0, 0.05) is 25.8 Å². The number of nitrogens with zero attached hydrogens (tertiary/aromatic N) is 3. The highest BCUT2D eigenvalue weighted by molar-refractivity contribution is 7.90. The van der Waals surface area contributed by atoms with Crippen LogP contribution in [-0.4, -0.2) is 48.3 Å². The lowest BCUT2D eigenvalue weighted by Crippen LogP contribution is -2.60. The first-order valence-electron chi connectivity index (χ1n) is 9.29. The largest absolute Gasteiger partial charge is 0.356 e. The zero-order chi connectivity index (χ0) is 18.5. The van der Waals surface area contributed by atoms with Crippen molar-refractivity contribution in [2.75, 3.05) is 18.5 Å². The fraction of sp³-hybridized carbons (Fsp3) is 0.667. The third-order valence-electron chi connectivity index (χ3n) is 6.00. The number of nitrogens with one attached hydrogen (secondary N) is 2. The lowest BCUT2D eigenvalue weighted by molar-refractivity contribution is 0.0134. The molecule has 2 aliphatic rings. The van der Waals surface area contributed by atoms with E-state index < -0.39 is 10.0 Å². The molecule has 0 radical (unpaired) electrons. The van der Waals surface area contributed by atoms with Gasteiger partial charge in [0.15, 0.2) is 0 Å². The summed E-state index contributed by atoms with van der Waals surface area (Å²) in [5.41, 5.74) is 1.06. The number of anilines is 1. The highest BCUT2D eigenvalue weighted by Crippen LogP contribution is 2.59. The van der Waals surface area contributed by atoms with Crippen LogP contribution in [0.25, 0.3) is 11.0 Å². The predicted molar refractivity (Wildman–Crippen MR) is 103 cm³/mol. The second-order valence-electron chi connectivity index (χ2n) is 8.43. The number of sulfonamides is 1. The molecule has 4 rings (SSSR count). The molecule has 2 aliphatic carbocycles. The van der Waals surface area contributed by atoms with Gasteiger partial charge in [-0.2, -0.15) is 0 Å². The minimum atomic E-state index is -3.17. The lowest BCUT2D eigenvalue weighted by atomic mass is 9.53. The van der Waals surface area contributed by atoms with Gasteiger partial charge in [-0.3, -0.25) is 0 Å². The summed E-state index contributed by atoms with van der Waals surface area (Å²) in [6, 6.07) is 2.41. The summed E-state index contributed by atoms with van der Waals surface area (Å²) < 4.78 is 27.5. The monoisotopic (exact) mass is 377 g/mol.